The molecule has 1 aliphatic carbocycles. The number of nitrogens with one attached hydrogen (secondary N) is 1. The summed E-state index contributed by atoms with van der Waals surface area (Å²) < 4.78 is 5.85. The van der Waals surface area contributed by atoms with Crippen LogP contribution in [0.4, 0.5) is 0 Å². The lowest BCUT2D eigenvalue weighted by Gasteiger charge is -2.31. The van der Waals surface area contributed by atoms with Crippen molar-refractivity contribution < 1.29 is 9.53 Å². The summed E-state index contributed by atoms with van der Waals surface area (Å²) in [5, 5.41) is 0.603. The monoisotopic (exact) mass is 342 g/mol. The Morgan fingerprint density at radius 3 is 2.71 bits per heavy atom. The number of hydrogen-bond acceptors (Lipinski definition) is 4. The molecule has 1 unspecified atom stereocenters. The molecule has 0 saturated heterocycles. The van der Waals surface area contributed by atoms with Gasteiger partial charge in [-0.3, -0.25) is 9.59 Å². The van der Waals surface area contributed by atoms with Gasteiger partial charge in [0, 0.05) is 23.4 Å². The fourth-order valence-electron chi connectivity index (χ4n) is 3.41. The first-order chi connectivity index (χ1) is 11.5. The minimum Gasteiger partial charge on any atom is -0.442 e. The molecule has 2 aliphatic rings. The van der Waals surface area contributed by atoms with Gasteiger partial charge in [-0.25, -0.2) is 0 Å². The number of aromatic nitrogens is 2. The predicted octanol–water partition coefficient (Wildman–Crippen LogP) is 3.26. The van der Waals surface area contributed by atoms with E-state index in [-0.39, 0.29) is 11.3 Å². The SMILES string of the molecule is Cc1nc2c(c(=O)[nH]1)C(c1ccc(Cl)cc1)C1=C(CCCC1=O)O2. The van der Waals surface area contributed by atoms with Gasteiger partial charge >= 0.3 is 0 Å². The van der Waals surface area contributed by atoms with Crippen LogP contribution in [0.15, 0.2) is 40.4 Å². The van der Waals surface area contributed by atoms with Gasteiger partial charge in [-0.05, 0) is 31.0 Å². The lowest BCUT2D eigenvalue weighted by Crippen LogP contribution is -2.31. The highest BCUT2D eigenvalue weighted by Crippen LogP contribution is 2.44. The maximum absolute atomic E-state index is 12.6. The number of nitrogens with zero attached hydrogens (tertiary/aromatic N) is 1. The molecule has 1 aromatic carbocycles. The average Bonchev–Trinajstić information content (AvgIpc) is 2.54. The number of aryl methyl sites for hydroxylation is 1. The Hall–Kier alpha value is -2.40. The number of ether oxygens (including phenoxy) is 1. The second kappa shape index (κ2) is 5.60. The van der Waals surface area contributed by atoms with Crippen molar-refractivity contribution in [1.29, 1.82) is 0 Å². The molecular weight excluding hydrogens is 328 g/mol. The molecule has 5 nitrogen and oxygen atoms in total. The Morgan fingerprint density at radius 2 is 1.96 bits per heavy atom. The number of rotatable bonds is 1. The molecule has 0 saturated carbocycles. The minimum atomic E-state index is -0.467. The molecule has 2 heterocycles. The fourth-order valence-corrected chi connectivity index (χ4v) is 3.54. The molecule has 0 bridgehead atoms. The van der Waals surface area contributed by atoms with Crippen LogP contribution in [0.25, 0.3) is 0 Å². The van der Waals surface area contributed by atoms with Crippen LogP contribution < -0.4 is 10.3 Å². The molecule has 122 valence electrons. The van der Waals surface area contributed by atoms with Gasteiger partial charge < -0.3 is 9.72 Å². The highest BCUT2D eigenvalue weighted by Gasteiger charge is 2.39. The lowest BCUT2D eigenvalue weighted by atomic mass is 9.78. The first kappa shape index (κ1) is 15.1. The predicted molar refractivity (Wildman–Crippen MR) is 89.4 cm³/mol. The van der Waals surface area contributed by atoms with E-state index in [1.807, 2.05) is 12.1 Å². The zero-order valence-corrected chi connectivity index (χ0v) is 13.8. The van der Waals surface area contributed by atoms with Crippen LogP contribution in [0.1, 0.15) is 42.1 Å². The number of allylic oxidation sites excluding steroid dienone is 2. The average molecular weight is 343 g/mol. The Labute approximate surface area is 143 Å². The maximum Gasteiger partial charge on any atom is 0.258 e. The van der Waals surface area contributed by atoms with Crippen LogP contribution in [-0.2, 0) is 4.79 Å². The van der Waals surface area contributed by atoms with E-state index in [9.17, 15) is 9.59 Å². The van der Waals surface area contributed by atoms with Gasteiger partial charge in [0.25, 0.3) is 5.56 Å². The highest BCUT2D eigenvalue weighted by molar-refractivity contribution is 6.30. The summed E-state index contributed by atoms with van der Waals surface area (Å²) in [7, 11) is 0. The third kappa shape index (κ3) is 2.36. The normalized spacial score (nSPS) is 19.6. The molecule has 0 amide bonds. The Kier molecular flexibility index (Phi) is 3.53. The number of hydrogen-bond donors (Lipinski definition) is 1. The Morgan fingerprint density at radius 1 is 1.21 bits per heavy atom. The molecular formula is C18H15ClN2O3. The van der Waals surface area contributed by atoms with Gasteiger partial charge in [0.1, 0.15) is 11.6 Å². The first-order valence-corrected chi connectivity index (χ1v) is 8.23. The number of aromatic amines is 1. The first-order valence-electron chi connectivity index (χ1n) is 7.85. The van der Waals surface area contributed by atoms with E-state index >= 15 is 0 Å². The van der Waals surface area contributed by atoms with Crippen molar-refractivity contribution in [2.75, 3.05) is 0 Å². The number of carbonyl (C=O) groups is 1. The molecule has 4 rings (SSSR count). The lowest BCUT2D eigenvalue weighted by molar-refractivity contribution is -0.116. The summed E-state index contributed by atoms with van der Waals surface area (Å²) in [6.45, 7) is 1.71. The maximum atomic E-state index is 12.6. The summed E-state index contributed by atoms with van der Waals surface area (Å²) in [6.07, 6.45) is 1.90. The molecule has 1 atom stereocenters. The topological polar surface area (TPSA) is 72.0 Å². The molecule has 1 N–H and O–H groups in total. The van der Waals surface area contributed by atoms with E-state index in [1.54, 1.807) is 19.1 Å². The van der Waals surface area contributed by atoms with E-state index in [4.69, 9.17) is 16.3 Å². The van der Waals surface area contributed by atoms with E-state index in [0.717, 1.165) is 12.0 Å². The van der Waals surface area contributed by atoms with E-state index in [2.05, 4.69) is 9.97 Å². The largest absolute Gasteiger partial charge is 0.442 e. The fraction of sp³-hybridized carbons (Fsp3) is 0.278. The molecule has 24 heavy (non-hydrogen) atoms. The number of H-pyrrole nitrogens is 1. The number of carbonyl (C=O) groups excluding carboxylic acids is 1. The zero-order valence-electron chi connectivity index (χ0n) is 13.1. The summed E-state index contributed by atoms with van der Waals surface area (Å²) in [5.74, 6) is 0.980. The quantitative estimate of drug-likeness (QED) is 0.863. The van der Waals surface area contributed by atoms with E-state index in [1.165, 1.54) is 0 Å². The summed E-state index contributed by atoms with van der Waals surface area (Å²) in [6, 6.07) is 7.20. The van der Waals surface area contributed by atoms with Gasteiger partial charge in [-0.2, -0.15) is 4.98 Å². The second-order valence-electron chi connectivity index (χ2n) is 6.07. The van der Waals surface area contributed by atoms with E-state index in [0.29, 0.717) is 46.5 Å². The van der Waals surface area contributed by atoms with Gasteiger partial charge in [0.2, 0.25) is 5.88 Å². The van der Waals surface area contributed by atoms with Crippen molar-refractivity contribution in [3.05, 3.63) is 67.9 Å². The molecule has 0 spiro atoms. The third-order valence-corrected chi connectivity index (χ3v) is 4.70. The molecule has 0 radical (unpaired) electrons. The van der Waals surface area contributed by atoms with Gasteiger partial charge in [-0.1, -0.05) is 23.7 Å². The number of Topliss-reactive ketones (excluding diaryl/α,β-unsaturated/α-hetero) is 1. The number of ketones is 1. The summed E-state index contributed by atoms with van der Waals surface area (Å²) in [4.78, 5) is 32.2. The second-order valence-corrected chi connectivity index (χ2v) is 6.51. The smallest absolute Gasteiger partial charge is 0.258 e. The Bertz CT molecular complexity index is 928. The minimum absolute atomic E-state index is 0.0295. The molecule has 6 heteroatoms. The zero-order chi connectivity index (χ0) is 16.8. The van der Waals surface area contributed by atoms with Crippen molar-refractivity contribution in [1.82, 2.24) is 9.97 Å². The van der Waals surface area contributed by atoms with Crippen molar-refractivity contribution in [3.63, 3.8) is 0 Å². The van der Waals surface area contributed by atoms with Gasteiger partial charge in [-0.15, -0.1) is 0 Å². The van der Waals surface area contributed by atoms with Crippen molar-refractivity contribution >= 4 is 17.4 Å². The molecule has 1 aliphatic heterocycles. The van der Waals surface area contributed by atoms with Crippen LogP contribution in [0.3, 0.4) is 0 Å². The van der Waals surface area contributed by atoms with Crippen LogP contribution in [0.5, 0.6) is 5.88 Å². The van der Waals surface area contributed by atoms with Crippen LogP contribution in [0.2, 0.25) is 5.02 Å². The number of fused-ring (bicyclic) bond motifs is 1. The van der Waals surface area contributed by atoms with Crippen LogP contribution in [0, 0.1) is 6.92 Å². The van der Waals surface area contributed by atoms with Crippen LogP contribution >= 0.6 is 11.6 Å². The highest BCUT2D eigenvalue weighted by atomic mass is 35.5. The number of benzene rings is 1. The van der Waals surface area contributed by atoms with Crippen molar-refractivity contribution in [2.45, 2.75) is 32.1 Å². The summed E-state index contributed by atoms with van der Waals surface area (Å²) >= 11 is 5.99. The molecule has 0 fully saturated rings. The van der Waals surface area contributed by atoms with Crippen molar-refractivity contribution in [2.24, 2.45) is 0 Å². The van der Waals surface area contributed by atoms with Crippen molar-refractivity contribution in [3.8, 4) is 5.88 Å². The van der Waals surface area contributed by atoms with Gasteiger partial charge in [0.15, 0.2) is 5.78 Å². The standard InChI is InChI=1S/C18H15ClN2O3/c1-9-20-17(23)16-14(10-5-7-11(19)8-6-10)15-12(22)3-2-4-13(15)24-18(16)21-9/h5-8,14H,2-4H2,1H3,(H,20,21,23). The molecule has 1 aromatic heterocycles. The Balaban J connectivity index is 1.99. The third-order valence-electron chi connectivity index (χ3n) is 4.45. The number of halogens is 1. The summed E-state index contributed by atoms with van der Waals surface area (Å²) in [5.41, 5.74) is 1.52. The van der Waals surface area contributed by atoms with Crippen LogP contribution in [-0.4, -0.2) is 15.8 Å². The molecule has 2 aromatic rings. The van der Waals surface area contributed by atoms with E-state index < -0.39 is 5.92 Å². The van der Waals surface area contributed by atoms with Gasteiger partial charge in [0.05, 0.1) is 11.5 Å².